The molecule has 1 aromatic rings. The Morgan fingerprint density at radius 2 is 1.92 bits per heavy atom. The number of nitrogens with zero attached hydrogens (tertiary/aromatic N) is 1. The molecular weight excluding hydrogens is 324 g/mol. The van der Waals surface area contributed by atoms with Crippen LogP contribution in [0.1, 0.15) is 52.9 Å². The lowest BCUT2D eigenvalue weighted by molar-refractivity contribution is -0.112. The zero-order chi connectivity index (χ0) is 17.8. The van der Waals surface area contributed by atoms with E-state index in [0.717, 1.165) is 38.4 Å². The van der Waals surface area contributed by atoms with Crippen molar-refractivity contribution in [1.29, 1.82) is 0 Å². The lowest BCUT2D eigenvalue weighted by Crippen LogP contribution is -2.59. The maximum Gasteiger partial charge on any atom is 0.197 e. The first-order valence-corrected chi connectivity index (χ1v) is 10.2. The molecule has 1 N–H and O–H groups in total. The highest BCUT2D eigenvalue weighted by molar-refractivity contribution is 7.91. The number of rotatable bonds is 6. The van der Waals surface area contributed by atoms with Gasteiger partial charge in [-0.05, 0) is 30.4 Å². The molecule has 1 heterocycles. The summed E-state index contributed by atoms with van der Waals surface area (Å²) in [5.41, 5.74) is -0.825. The second-order valence-corrected chi connectivity index (χ2v) is 9.83. The molecule has 1 aliphatic rings. The molecule has 0 amide bonds. The quantitative estimate of drug-likeness (QED) is 0.797. The van der Waals surface area contributed by atoms with Gasteiger partial charge in [0.15, 0.2) is 14.9 Å². The molecule has 1 aromatic heterocycles. The average Bonchev–Trinajstić information content (AvgIpc) is 2.53. The van der Waals surface area contributed by atoms with Gasteiger partial charge in [-0.25, -0.2) is 13.4 Å². The number of pyridine rings is 1. The van der Waals surface area contributed by atoms with Gasteiger partial charge in [-0.3, -0.25) is 0 Å². The molecule has 0 aliphatic heterocycles. The summed E-state index contributed by atoms with van der Waals surface area (Å²) in [6.45, 7) is 5.97. The van der Waals surface area contributed by atoms with Crippen molar-refractivity contribution in [3.05, 3.63) is 24.4 Å². The summed E-state index contributed by atoms with van der Waals surface area (Å²) in [6.07, 6.45) is 6.98. The van der Waals surface area contributed by atoms with Crippen molar-refractivity contribution in [1.82, 2.24) is 10.3 Å². The predicted octanol–water partition coefficient (Wildman–Crippen LogP) is 2.76. The number of hydrogen-bond donors (Lipinski definition) is 1. The first-order valence-electron chi connectivity index (χ1n) is 8.55. The van der Waals surface area contributed by atoms with Crippen LogP contribution < -0.4 is 5.32 Å². The van der Waals surface area contributed by atoms with E-state index in [1.54, 1.807) is 12.1 Å². The van der Waals surface area contributed by atoms with E-state index in [0.29, 0.717) is 0 Å². The lowest BCUT2D eigenvalue weighted by Gasteiger charge is -2.42. The first kappa shape index (κ1) is 19.1. The summed E-state index contributed by atoms with van der Waals surface area (Å²) >= 11 is 0. The number of nitrogens with one attached hydrogen (secondary N) is 1. The minimum absolute atomic E-state index is 0.0164. The van der Waals surface area contributed by atoms with Gasteiger partial charge in [0, 0.05) is 11.7 Å². The van der Waals surface area contributed by atoms with Crippen LogP contribution >= 0.6 is 0 Å². The summed E-state index contributed by atoms with van der Waals surface area (Å²) in [7, 11) is -3.51. The summed E-state index contributed by atoms with van der Waals surface area (Å²) in [4.78, 5) is 15.6. The fourth-order valence-corrected chi connectivity index (χ4v) is 5.07. The zero-order valence-corrected chi connectivity index (χ0v) is 15.6. The van der Waals surface area contributed by atoms with Gasteiger partial charge >= 0.3 is 0 Å². The molecule has 1 aliphatic carbocycles. The third-order valence-corrected chi connectivity index (χ3v) is 6.58. The van der Waals surface area contributed by atoms with Crippen LogP contribution in [-0.2, 0) is 14.6 Å². The second kappa shape index (κ2) is 7.31. The number of carbonyl (C=O) groups is 1. The summed E-state index contributed by atoms with van der Waals surface area (Å²) in [5.74, 6) is -0.0164. The van der Waals surface area contributed by atoms with Gasteiger partial charge in [0.1, 0.15) is 6.29 Å². The molecule has 0 aromatic carbocycles. The number of aldehydes is 1. The fraction of sp³-hybridized carbons (Fsp3) is 0.667. The van der Waals surface area contributed by atoms with Crippen molar-refractivity contribution in [2.45, 2.75) is 69.5 Å². The molecule has 1 unspecified atom stereocenters. The summed E-state index contributed by atoms with van der Waals surface area (Å²) in [6, 6.07) is 4.54. The van der Waals surface area contributed by atoms with Gasteiger partial charge in [0.2, 0.25) is 0 Å². The van der Waals surface area contributed by atoms with Crippen molar-refractivity contribution in [3.63, 3.8) is 0 Å². The Hall–Kier alpha value is -1.27. The minimum atomic E-state index is -3.51. The maximum atomic E-state index is 12.8. The molecule has 5 nitrogen and oxygen atoms in total. The van der Waals surface area contributed by atoms with E-state index in [2.05, 4.69) is 10.3 Å². The van der Waals surface area contributed by atoms with Crippen LogP contribution in [-0.4, -0.2) is 37.0 Å². The SMILES string of the molecule is CC(C)(C)C(C=O)NC1(CS(=O)(=O)c2ccccn2)CCCCC1. The van der Waals surface area contributed by atoms with Gasteiger partial charge in [-0.15, -0.1) is 0 Å². The van der Waals surface area contributed by atoms with Crippen molar-refractivity contribution in [2.24, 2.45) is 5.41 Å². The van der Waals surface area contributed by atoms with Crippen molar-refractivity contribution < 1.29 is 13.2 Å². The van der Waals surface area contributed by atoms with Crippen LogP contribution in [0.5, 0.6) is 0 Å². The van der Waals surface area contributed by atoms with Crippen molar-refractivity contribution in [2.75, 3.05) is 5.75 Å². The monoisotopic (exact) mass is 352 g/mol. The third kappa shape index (κ3) is 4.63. The zero-order valence-electron chi connectivity index (χ0n) is 14.8. The van der Waals surface area contributed by atoms with E-state index < -0.39 is 15.4 Å². The standard InChI is InChI=1S/C18H28N2O3S/c1-17(2,3)15(13-21)20-18(10-6-4-7-11-18)14-24(22,23)16-9-5-8-12-19-16/h5,8-9,12-13,15,20H,4,6-7,10-11,14H2,1-3H3. The van der Waals surface area contributed by atoms with Gasteiger partial charge in [-0.1, -0.05) is 46.1 Å². The van der Waals surface area contributed by atoms with Crippen LogP contribution in [0.25, 0.3) is 0 Å². The van der Waals surface area contributed by atoms with E-state index in [1.165, 1.54) is 12.3 Å². The Kier molecular flexibility index (Phi) is 5.81. The Balaban J connectivity index is 2.30. The van der Waals surface area contributed by atoms with Gasteiger partial charge in [0.05, 0.1) is 11.8 Å². The lowest BCUT2D eigenvalue weighted by atomic mass is 9.79. The van der Waals surface area contributed by atoms with Crippen molar-refractivity contribution >= 4 is 16.1 Å². The Bertz CT molecular complexity index is 645. The number of hydrogen-bond acceptors (Lipinski definition) is 5. The van der Waals surface area contributed by atoms with Gasteiger partial charge in [-0.2, -0.15) is 0 Å². The van der Waals surface area contributed by atoms with E-state index >= 15 is 0 Å². The molecule has 0 bridgehead atoms. The minimum Gasteiger partial charge on any atom is -0.302 e. The number of carbonyl (C=O) groups excluding carboxylic acids is 1. The van der Waals surface area contributed by atoms with E-state index in [9.17, 15) is 13.2 Å². The highest BCUT2D eigenvalue weighted by Crippen LogP contribution is 2.33. The summed E-state index contributed by atoms with van der Waals surface area (Å²) in [5, 5.41) is 3.52. The molecule has 0 radical (unpaired) electrons. The smallest absolute Gasteiger partial charge is 0.197 e. The predicted molar refractivity (Wildman–Crippen MR) is 94.5 cm³/mol. The van der Waals surface area contributed by atoms with Gasteiger partial charge < -0.3 is 10.1 Å². The van der Waals surface area contributed by atoms with E-state index in [1.807, 2.05) is 20.8 Å². The average molecular weight is 353 g/mol. The molecule has 0 saturated heterocycles. The molecule has 1 fully saturated rings. The maximum absolute atomic E-state index is 12.8. The summed E-state index contributed by atoms with van der Waals surface area (Å²) < 4.78 is 25.7. The Morgan fingerprint density at radius 1 is 1.25 bits per heavy atom. The fourth-order valence-electron chi connectivity index (χ4n) is 3.31. The van der Waals surface area contributed by atoms with E-state index in [-0.39, 0.29) is 22.2 Å². The Morgan fingerprint density at radius 3 is 2.42 bits per heavy atom. The molecule has 134 valence electrons. The molecule has 0 spiro atoms. The molecule has 6 heteroatoms. The molecular formula is C18H28N2O3S. The molecule has 2 rings (SSSR count). The van der Waals surface area contributed by atoms with Crippen LogP contribution in [0, 0.1) is 5.41 Å². The highest BCUT2D eigenvalue weighted by Gasteiger charge is 2.41. The molecule has 1 saturated carbocycles. The van der Waals surface area contributed by atoms with Crippen molar-refractivity contribution in [3.8, 4) is 0 Å². The Labute approximate surface area is 145 Å². The third-order valence-electron chi connectivity index (χ3n) is 4.76. The largest absolute Gasteiger partial charge is 0.302 e. The van der Waals surface area contributed by atoms with Gasteiger partial charge in [0.25, 0.3) is 0 Å². The van der Waals surface area contributed by atoms with Crippen LogP contribution in [0.2, 0.25) is 0 Å². The first-order chi connectivity index (χ1) is 11.2. The molecule has 1 atom stereocenters. The number of sulfone groups is 1. The van der Waals surface area contributed by atoms with E-state index in [4.69, 9.17) is 0 Å². The van der Waals surface area contributed by atoms with Crippen LogP contribution in [0.15, 0.2) is 29.4 Å². The molecule has 24 heavy (non-hydrogen) atoms. The van der Waals surface area contributed by atoms with Crippen LogP contribution in [0.4, 0.5) is 0 Å². The normalized spacial score (nSPS) is 19.6. The highest BCUT2D eigenvalue weighted by atomic mass is 32.2. The number of aromatic nitrogens is 1. The second-order valence-electron chi connectivity index (χ2n) is 7.89. The van der Waals surface area contributed by atoms with Crippen LogP contribution in [0.3, 0.4) is 0 Å². The topological polar surface area (TPSA) is 76.1 Å².